The molecule has 0 fully saturated rings. The van der Waals surface area contributed by atoms with Gasteiger partial charge in [0.15, 0.2) is 0 Å². The number of hydrogen-bond acceptors (Lipinski definition) is 2. The highest BCUT2D eigenvalue weighted by Crippen LogP contribution is 2.12. The van der Waals surface area contributed by atoms with E-state index in [9.17, 15) is 0 Å². The molecule has 0 aliphatic rings. The van der Waals surface area contributed by atoms with Gasteiger partial charge in [0.1, 0.15) is 5.82 Å². The van der Waals surface area contributed by atoms with Gasteiger partial charge in [0.05, 0.1) is 17.3 Å². The highest BCUT2D eigenvalue weighted by molar-refractivity contribution is 5.40. The second-order valence-corrected chi connectivity index (χ2v) is 3.46. The number of rotatable bonds is 1. The van der Waals surface area contributed by atoms with Crippen LogP contribution in [0.2, 0.25) is 0 Å². The zero-order chi connectivity index (χ0) is 10.8. The molecule has 0 radical (unpaired) electrons. The van der Waals surface area contributed by atoms with Crippen LogP contribution in [0.25, 0.3) is 5.69 Å². The first kappa shape index (κ1) is 9.47. The van der Waals surface area contributed by atoms with E-state index in [-0.39, 0.29) is 0 Å². The van der Waals surface area contributed by atoms with Crippen molar-refractivity contribution < 1.29 is 0 Å². The lowest BCUT2D eigenvalue weighted by atomic mass is 10.2. The maximum absolute atomic E-state index is 8.69. The minimum Gasteiger partial charge on any atom is -0.304 e. The molecule has 0 bridgehead atoms. The fourth-order valence-electron chi connectivity index (χ4n) is 1.58. The largest absolute Gasteiger partial charge is 0.304 e. The minimum absolute atomic E-state index is 0.674. The average molecular weight is 197 g/mol. The van der Waals surface area contributed by atoms with E-state index in [0.717, 1.165) is 17.2 Å². The highest BCUT2D eigenvalue weighted by atomic mass is 15.1. The number of imidazole rings is 1. The molecule has 0 aliphatic heterocycles. The molecule has 15 heavy (non-hydrogen) atoms. The number of nitriles is 1. The van der Waals surface area contributed by atoms with Gasteiger partial charge in [-0.15, -0.1) is 0 Å². The maximum Gasteiger partial charge on any atom is 0.110 e. The molecule has 0 spiro atoms. The van der Waals surface area contributed by atoms with Crippen molar-refractivity contribution in [1.82, 2.24) is 9.55 Å². The molecule has 0 unspecified atom stereocenters. The smallest absolute Gasteiger partial charge is 0.110 e. The Balaban J connectivity index is 2.46. The van der Waals surface area contributed by atoms with Gasteiger partial charge in [-0.2, -0.15) is 5.26 Å². The molecule has 1 aromatic carbocycles. The third-order valence-corrected chi connectivity index (χ3v) is 2.28. The summed E-state index contributed by atoms with van der Waals surface area (Å²) in [5, 5.41) is 8.69. The minimum atomic E-state index is 0.674. The van der Waals surface area contributed by atoms with Gasteiger partial charge in [-0.3, -0.25) is 0 Å². The van der Waals surface area contributed by atoms with Crippen LogP contribution < -0.4 is 0 Å². The van der Waals surface area contributed by atoms with E-state index in [1.54, 1.807) is 0 Å². The Morgan fingerprint density at radius 2 is 1.87 bits per heavy atom. The number of aromatic nitrogens is 2. The Morgan fingerprint density at radius 1 is 1.20 bits per heavy atom. The van der Waals surface area contributed by atoms with Gasteiger partial charge in [0.2, 0.25) is 0 Å². The van der Waals surface area contributed by atoms with Gasteiger partial charge < -0.3 is 4.57 Å². The topological polar surface area (TPSA) is 41.6 Å². The maximum atomic E-state index is 8.69. The quantitative estimate of drug-likeness (QED) is 0.704. The summed E-state index contributed by atoms with van der Waals surface area (Å²) in [6, 6.07) is 9.57. The lowest BCUT2D eigenvalue weighted by Gasteiger charge is -2.03. The van der Waals surface area contributed by atoms with Crippen molar-refractivity contribution in [1.29, 1.82) is 5.26 Å². The van der Waals surface area contributed by atoms with Gasteiger partial charge in [-0.25, -0.2) is 4.98 Å². The molecule has 2 aromatic rings. The third kappa shape index (κ3) is 1.75. The van der Waals surface area contributed by atoms with Crippen LogP contribution in [0.15, 0.2) is 30.5 Å². The Morgan fingerprint density at radius 3 is 2.33 bits per heavy atom. The number of benzene rings is 1. The zero-order valence-electron chi connectivity index (χ0n) is 8.73. The molecule has 0 saturated heterocycles. The standard InChI is InChI=1S/C12H11N3/c1-9-8-15(10(2)14-9)12-5-3-11(7-13)4-6-12/h3-6,8H,1-2H3. The lowest BCUT2D eigenvalue weighted by Crippen LogP contribution is -1.94. The molecular formula is C12H11N3. The first-order chi connectivity index (χ1) is 7.20. The van der Waals surface area contributed by atoms with Crippen LogP contribution in [0, 0.1) is 25.2 Å². The molecule has 3 nitrogen and oxygen atoms in total. The Hall–Kier alpha value is -2.08. The van der Waals surface area contributed by atoms with Crippen molar-refractivity contribution in [3.8, 4) is 11.8 Å². The monoisotopic (exact) mass is 197 g/mol. The van der Waals surface area contributed by atoms with E-state index in [1.165, 1.54) is 0 Å². The fraction of sp³-hybridized carbons (Fsp3) is 0.167. The van der Waals surface area contributed by atoms with Gasteiger partial charge in [0, 0.05) is 11.9 Å². The highest BCUT2D eigenvalue weighted by Gasteiger charge is 2.02. The van der Waals surface area contributed by atoms with Crippen LogP contribution in [0.5, 0.6) is 0 Å². The Kier molecular flexibility index (Phi) is 2.26. The molecule has 0 aliphatic carbocycles. The zero-order valence-corrected chi connectivity index (χ0v) is 8.73. The van der Waals surface area contributed by atoms with Crippen molar-refractivity contribution in [2.75, 3.05) is 0 Å². The lowest BCUT2D eigenvalue weighted by molar-refractivity contribution is 0.974. The second kappa shape index (κ2) is 3.58. The molecular weight excluding hydrogens is 186 g/mol. The molecule has 74 valence electrons. The van der Waals surface area contributed by atoms with E-state index in [1.807, 2.05) is 48.9 Å². The molecule has 0 N–H and O–H groups in total. The van der Waals surface area contributed by atoms with Gasteiger partial charge >= 0.3 is 0 Å². The van der Waals surface area contributed by atoms with Crippen molar-refractivity contribution in [3.05, 3.63) is 47.5 Å². The van der Waals surface area contributed by atoms with Gasteiger partial charge in [-0.05, 0) is 38.1 Å². The summed E-state index contributed by atoms with van der Waals surface area (Å²) in [5.74, 6) is 0.956. The summed E-state index contributed by atoms with van der Waals surface area (Å²) in [5.41, 5.74) is 2.71. The molecule has 0 amide bonds. The number of nitrogens with zero attached hydrogens (tertiary/aromatic N) is 3. The first-order valence-electron chi connectivity index (χ1n) is 4.74. The predicted octanol–water partition coefficient (Wildman–Crippen LogP) is 2.36. The predicted molar refractivity (Wildman–Crippen MR) is 57.8 cm³/mol. The molecule has 0 saturated carbocycles. The normalized spacial score (nSPS) is 9.93. The second-order valence-electron chi connectivity index (χ2n) is 3.46. The molecule has 0 atom stereocenters. The SMILES string of the molecule is Cc1cn(-c2ccc(C#N)cc2)c(C)n1. The van der Waals surface area contributed by atoms with E-state index in [2.05, 4.69) is 11.1 Å². The summed E-state index contributed by atoms with van der Waals surface area (Å²) < 4.78 is 2.01. The number of aryl methyl sites for hydroxylation is 2. The van der Waals surface area contributed by atoms with Crippen molar-refractivity contribution in [2.45, 2.75) is 13.8 Å². The van der Waals surface area contributed by atoms with E-state index < -0.39 is 0 Å². The molecule has 1 aromatic heterocycles. The van der Waals surface area contributed by atoms with Crippen LogP contribution in [0.1, 0.15) is 17.1 Å². The molecule has 3 heteroatoms. The van der Waals surface area contributed by atoms with E-state index in [4.69, 9.17) is 5.26 Å². The van der Waals surface area contributed by atoms with Crippen LogP contribution in [0.4, 0.5) is 0 Å². The van der Waals surface area contributed by atoms with Gasteiger partial charge in [-0.1, -0.05) is 0 Å². The summed E-state index contributed by atoms with van der Waals surface area (Å²) in [6.07, 6.45) is 1.98. The summed E-state index contributed by atoms with van der Waals surface area (Å²) >= 11 is 0. The first-order valence-corrected chi connectivity index (χ1v) is 4.74. The number of hydrogen-bond donors (Lipinski definition) is 0. The van der Waals surface area contributed by atoms with Crippen molar-refractivity contribution >= 4 is 0 Å². The fourth-order valence-corrected chi connectivity index (χ4v) is 1.58. The molecule has 1 heterocycles. The van der Waals surface area contributed by atoms with Crippen molar-refractivity contribution in [3.63, 3.8) is 0 Å². The van der Waals surface area contributed by atoms with E-state index in [0.29, 0.717) is 5.56 Å². The third-order valence-electron chi connectivity index (χ3n) is 2.28. The van der Waals surface area contributed by atoms with Crippen molar-refractivity contribution in [2.24, 2.45) is 0 Å². The van der Waals surface area contributed by atoms with Crippen LogP contribution in [0.3, 0.4) is 0 Å². The van der Waals surface area contributed by atoms with E-state index >= 15 is 0 Å². The average Bonchev–Trinajstić information content (AvgIpc) is 2.58. The Labute approximate surface area is 88.6 Å². The van der Waals surface area contributed by atoms with Crippen LogP contribution in [-0.2, 0) is 0 Å². The Bertz CT molecular complexity index is 515. The summed E-state index contributed by atoms with van der Waals surface area (Å²) in [4.78, 5) is 4.33. The van der Waals surface area contributed by atoms with Crippen LogP contribution >= 0.6 is 0 Å². The summed E-state index contributed by atoms with van der Waals surface area (Å²) in [7, 11) is 0. The molecule has 2 rings (SSSR count). The summed E-state index contributed by atoms with van der Waals surface area (Å²) in [6.45, 7) is 3.93. The van der Waals surface area contributed by atoms with Gasteiger partial charge in [0.25, 0.3) is 0 Å². The van der Waals surface area contributed by atoms with Crippen LogP contribution in [-0.4, -0.2) is 9.55 Å².